The van der Waals surface area contributed by atoms with Gasteiger partial charge < -0.3 is 20.1 Å². The van der Waals surface area contributed by atoms with Gasteiger partial charge in [0.15, 0.2) is 6.10 Å². The summed E-state index contributed by atoms with van der Waals surface area (Å²) < 4.78 is 32.9. The van der Waals surface area contributed by atoms with Gasteiger partial charge in [-0.3, -0.25) is 18.6 Å². The Balaban J connectivity index is 3.99. The van der Waals surface area contributed by atoms with E-state index in [1.54, 1.807) is 0 Å². The molecule has 0 fully saturated rings. The van der Waals surface area contributed by atoms with Crippen molar-refractivity contribution in [3.05, 3.63) is 72.9 Å². The van der Waals surface area contributed by atoms with E-state index in [9.17, 15) is 19.0 Å². The van der Waals surface area contributed by atoms with Crippen LogP contribution >= 0.6 is 7.82 Å². The first-order valence-electron chi connectivity index (χ1n) is 26.4. The van der Waals surface area contributed by atoms with E-state index in [-0.39, 0.29) is 38.6 Å². The second kappa shape index (κ2) is 50.9. The Morgan fingerprint density at radius 3 is 1.28 bits per heavy atom. The van der Waals surface area contributed by atoms with E-state index in [1.807, 2.05) is 0 Å². The highest BCUT2D eigenvalue weighted by atomic mass is 31.2. The number of unbranched alkanes of at least 4 members (excludes halogenated alkanes) is 24. The fourth-order valence-electron chi connectivity index (χ4n) is 7.19. The average molecular weight is 932 g/mol. The highest BCUT2D eigenvalue weighted by Gasteiger charge is 2.26. The van der Waals surface area contributed by atoms with E-state index in [4.69, 9.17) is 24.3 Å². The third-order valence-corrected chi connectivity index (χ3v) is 12.1. The molecule has 0 bridgehead atoms. The molecule has 10 heteroatoms. The van der Waals surface area contributed by atoms with E-state index in [1.165, 1.54) is 109 Å². The lowest BCUT2D eigenvalue weighted by Gasteiger charge is -2.19. The van der Waals surface area contributed by atoms with E-state index in [2.05, 4.69) is 86.8 Å². The summed E-state index contributed by atoms with van der Waals surface area (Å²) in [5.74, 6) is -0.837. The molecule has 0 radical (unpaired) electrons. The fourth-order valence-corrected chi connectivity index (χ4v) is 7.95. The predicted molar refractivity (Wildman–Crippen MR) is 275 cm³/mol. The smallest absolute Gasteiger partial charge is 0.462 e. The van der Waals surface area contributed by atoms with E-state index < -0.39 is 26.5 Å². The van der Waals surface area contributed by atoms with Crippen LogP contribution < -0.4 is 5.73 Å². The third kappa shape index (κ3) is 50.7. The minimum atomic E-state index is -4.39. The number of hydrogen-bond acceptors (Lipinski definition) is 8. The Morgan fingerprint density at radius 1 is 0.477 bits per heavy atom. The maximum atomic E-state index is 12.7. The number of hydrogen-bond donors (Lipinski definition) is 2. The highest BCUT2D eigenvalue weighted by Crippen LogP contribution is 2.43. The molecule has 0 amide bonds. The van der Waals surface area contributed by atoms with Crippen LogP contribution in [0.4, 0.5) is 0 Å². The number of phosphoric ester groups is 1. The minimum Gasteiger partial charge on any atom is -0.462 e. The lowest BCUT2D eigenvalue weighted by molar-refractivity contribution is -0.161. The summed E-state index contributed by atoms with van der Waals surface area (Å²) in [5.41, 5.74) is 5.37. The first-order chi connectivity index (χ1) is 31.8. The molecule has 3 N–H and O–H groups in total. The van der Waals surface area contributed by atoms with Gasteiger partial charge in [0.1, 0.15) is 6.61 Å². The van der Waals surface area contributed by atoms with Crippen LogP contribution in [0.3, 0.4) is 0 Å². The zero-order valence-corrected chi connectivity index (χ0v) is 42.6. The average Bonchev–Trinajstić information content (AvgIpc) is 3.30. The fraction of sp³-hybridized carbons (Fsp3) is 0.745. The van der Waals surface area contributed by atoms with Crippen LogP contribution in [0.2, 0.25) is 0 Å². The summed E-state index contributed by atoms with van der Waals surface area (Å²) in [6.45, 7) is 3.62. The van der Waals surface area contributed by atoms with Gasteiger partial charge in [-0.05, 0) is 83.5 Å². The molecule has 0 spiro atoms. The van der Waals surface area contributed by atoms with E-state index in [0.717, 1.165) is 89.9 Å². The normalized spacial score (nSPS) is 13.7. The van der Waals surface area contributed by atoms with E-state index in [0.29, 0.717) is 6.42 Å². The number of carbonyl (C=O) groups excluding carboxylic acids is 2. The molecule has 0 aliphatic rings. The van der Waals surface area contributed by atoms with Crippen LogP contribution in [0.1, 0.15) is 232 Å². The number of phosphoric acid groups is 1. The summed E-state index contributed by atoms with van der Waals surface area (Å²) in [5, 5.41) is 0. The van der Waals surface area contributed by atoms with Crippen LogP contribution in [-0.2, 0) is 32.7 Å². The van der Waals surface area contributed by atoms with Gasteiger partial charge in [0.25, 0.3) is 0 Å². The lowest BCUT2D eigenvalue weighted by atomic mass is 10.0. The number of ether oxygens (including phenoxy) is 2. The van der Waals surface area contributed by atoms with Crippen molar-refractivity contribution < 1.29 is 37.6 Å². The summed E-state index contributed by atoms with van der Waals surface area (Å²) in [6, 6.07) is 0. The quantitative estimate of drug-likeness (QED) is 0.0265. The van der Waals surface area contributed by atoms with Crippen LogP contribution in [-0.4, -0.2) is 49.3 Å². The molecule has 2 atom stereocenters. The summed E-state index contributed by atoms with van der Waals surface area (Å²) >= 11 is 0. The number of nitrogens with two attached hydrogens (primary N) is 1. The van der Waals surface area contributed by atoms with Gasteiger partial charge in [0, 0.05) is 19.4 Å². The van der Waals surface area contributed by atoms with Crippen molar-refractivity contribution in [3.8, 4) is 0 Å². The molecule has 9 nitrogen and oxygen atoms in total. The number of allylic oxidation sites excluding steroid dienone is 12. The molecule has 0 heterocycles. The second-order valence-corrected chi connectivity index (χ2v) is 18.8. The maximum absolute atomic E-state index is 12.7. The van der Waals surface area contributed by atoms with Crippen LogP contribution in [0.25, 0.3) is 0 Å². The SMILES string of the molecule is CC/C=C\C/C=C\C/C=C\C/C=C\C/C=C\CCCCCCCCCCCCCCCC(=O)OC(COC(=O)CCCCCCC/C=C\CCCCCCCC)COP(=O)(O)OCCN. The van der Waals surface area contributed by atoms with Gasteiger partial charge in [-0.2, -0.15) is 0 Å². The Labute approximate surface area is 399 Å². The van der Waals surface area contributed by atoms with Gasteiger partial charge in [0.2, 0.25) is 0 Å². The Morgan fingerprint density at radius 2 is 0.846 bits per heavy atom. The molecule has 0 aliphatic carbocycles. The zero-order valence-electron chi connectivity index (χ0n) is 41.7. The molecule has 0 aromatic heterocycles. The topological polar surface area (TPSA) is 134 Å². The first-order valence-corrected chi connectivity index (χ1v) is 27.9. The minimum absolute atomic E-state index is 0.0502. The van der Waals surface area contributed by atoms with Gasteiger partial charge in [-0.25, -0.2) is 4.57 Å². The predicted octanol–water partition coefficient (Wildman–Crippen LogP) is 16.2. The lowest BCUT2D eigenvalue weighted by Crippen LogP contribution is -2.29. The van der Waals surface area contributed by atoms with Crippen LogP contribution in [0, 0.1) is 0 Å². The van der Waals surface area contributed by atoms with Crippen molar-refractivity contribution >= 4 is 19.8 Å². The molecule has 0 aromatic rings. The molecule has 2 unspecified atom stereocenters. The van der Waals surface area contributed by atoms with Crippen molar-refractivity contribution in [1.82, 2.24) is 0 Å². The van der Waals surface area contributed by atoms with Gasteiger partial charge in [0.05, 0.1) is 13.2 Å². The van der Waals surface area contributed by atoms with Gasteiger partial charge in [-0.1, -0.05) is 209 Å². The number of carbonyl (C=O) groups is 2. The molecule has 0 rings (SSSR count). The first kappa shape index (κ1) is 62.4. The highest BCUT2D eigenvalue weighted by molar-refractivity contribution is 7.47. The molecule has 0 saturated heterocycles. The maximum Gasteiger partial charge on any atom is 0.472 e. The van der Waals surface area contributed by atoms with Crippen LogP contribution in [0.5, 0.6) is 0 Å². The standard InChI is InChI=1S/C55H98NO8P/c1-3-5-7-9-11-13-15-17-19-20-21-22-23-24-25-26-27-28-29-30-31-32-34-36-38-40-42-44-46-48-55(58)64-53(52-63-65(59,60)62-50-49-56)51-61-54(57)47-45-43-41-39-37-35-33-18-16-14-12-10-8-6-4-2/h5,7,11,13,17-19,21-22,24-25,33,53H,3-4,6,8-10,12,14-16,20,23,26-32,34-52,56H2,1-2H3,(H,59,60)/b7-5-,13-11-,19-17-,22-21-,25-24-,33-18-. The summed E-state index contributed by atoms with van der Waals surface area (Å²) in [7, 11) is -4.39. The van der Waals surface area contributed by atoms with Crippen molar-refractivity contribution in [2.24, 2.45) is 5.73 Å². The van der Waals surface area contributed by atoms with Crippen molar-refractivity contribution in [2.45, 2.75) is 238 Å². The molecule has 65 heavy (non-hydrogen) atoms. The summed E-state index contributed by atoms with van der Waals surface area (Å²) in [4.78, 5) is 35.0. The van der Waals surface area contributed by atoms with Crippen LogP contribution in [0.15, 0.2) is 72.9 Å². The largest absolute Gasteiger partial charge is 0.472 e. The van der Waals surface area contributed by atoms with Gasteiger partial charge in [-0.15, -0.1) is 0 Å². The number of rotatable bonds is 49. The second-order valence-electron chi connectivity index (χ2n) is 17.4. The van der Waals surface area contributed by atoms with Crippen molar-refractivity contribution in [3.63, 3.8) is 0 Å². The van der Waals surface area contributed by atoms with Crippen molar-refractivity contribution in [1.29, 1.82) is 0 Å². The zero-order chi connectivity index (χ0) is 47.4. The Kier molecular flexibility index (Phi) is 48.9. The third-order valence-electron chi connectivity index (χ3n) is 11.1. The Bertz CT molecular complexity index is 1290. The molecule has 0 aromatic carbocycles. The molecule has 0 saturated carbocycles. The molecular formula is C55H98NO8P. The Hall–Kier alpha value is -2.55. The summed E-state index contributed by atoms with van der Waals surface area (Å²) in [6.07, 6.45) is 63.7. The monoisotopic (exact) mass is 932 g/mol. The molecule has 0 aliphatic heterocycles. The molecule has 376 valence electrons. The van der Waals surface area contributed by atoms with Crippen molar-refractivity contribution in [2.75, 3.05) is 26.4 Å². The van der Waals surface area contributed by atoms with E-state index >= 15 is 0 Å². The molecular weight excluding hydrogens is 834 g/mol. The number of esters is 2. The van der Waals surface area contributed by atoms with Gasteiger partial charge >= 0.3 is 19.8 Å².